The van der Waals surface area contributed by atoms with Crippen molar-refractivity contribution in [1.29, 1.82) is 0 Å². The molecule has 1 rings (SSSR count). The lowest BCUT2D eigenvalue weighted by Gasteiger charge is -2.16. The summed E-state index contributed by atoms with van der Waals surface area (Å²) in [6.45, 7) is 0.219. The third kappa shape index (κ3) is 8.27. The lowest BCUT2D eigenvalue weighted by Crippen LogP contribution is -2.49. The first-order valence-electron chi connectivity index (χ1n) is 8.23. The van der Waals surface area contributed by atoms with Crippen LogP contribution in [0.25, 0.3) is 0 Å². The summed E-state index contributed by atoms with van der Waals surface area (Å²) >= 11 is 0. The van der Waals surface area contributed by atoms with E-state index in [-0.39, 0.29) is 13.0 Å². The van der Waals surface area contributed by atoms with Gasteiger partial charge in [-0.05, 0) is 24.9 Å². The van der Waals surface area contributed by atoms with E-state index in [2.05, 4.69) is 10.6 Å². The van der Waals surface area contributed by atoms with Gasteiger partial charge in [0.1, 0.15) is 6.04 Å². The van der Waals surface area contributed by atoms with Gasteiger partial charge in [0, 0.05) is 6.42 Å². The largest absolute Gasteiger partial charge is 0.480 e. The van der Waals surface area contributed by atoms with Gasteiger partial charge in [0.05, 0.1) is 12.6 Å². The number of aliphatic carboxylic acids is 1. The number of amides is 2. The number of carbonyl (C=O) groups is 3. The number of carbonyl (C=O) groups excluding carboxylic acids is 2. The topological polar surface area (TPSA) is 148 Å². The van der Waals surface area contributed by atoms with Gasteiger partial charge < -0.3 is 27.2 Å². The van der Waals surface area contributed by atoms with Crippen molar-refractivity contribution >= 4 is 17.8 Å². The molecule has 0 aliphatic carbocycles. The fourth-order valence-corrected chi connectivity index (χ4v) is 2.23. The first kappa shape index (κ1) is 20.6. The molecule has 0 aliphatic rings. The molecule has 138 valence electrons. The SMILES string of the molecule is NCCCCC(N)C(=O)NCC(=O)NC(Cc1ccccc1)C(=O)O. The molecule has 1 aromatic carbocycles. The van der Waals surface area contributed by atoms with E-state index in [1.54, 1.807) is 24.3 Å². The lowest BCUT2D eigenvalue weighted by atomic mass is 10.1. The van der Waals surface area contributed by atoms with E-state index in [0.717, 1.165) is 18.4 Å². The van der Waals surface area contributed by atoms with Gasteiger partial charge in [-0.3, -0.25) is 9.59 Å². The Morgan fingerprint density at radius 1 is 1.12 bits per heavy atom. The molecule has 8 heteroatoms. The molecule has 0 saturated heterocycles. The van der Waals surface area contributed by atoms with Crippen molar-refractivity contribution in [2.45, 2.75) is 37.8 Å². The van der Waals surface area contributed by atoms with Crippen LogP contribution in [-0.4, -0.2) is 48.1 Å². The summed E-state index contributed by atoms with van der Waals surface area (Å²) in [5.41, 5.74) is 11.9. The normalized spacial score (nSPS) is 12.9. The van der Waals surface area contributed by atoms with Gasteiger partial charge in [-0.1, -0.05) is 36.8 Å². The Hall–Kier alpha value is -2.45. The molecule has 2 amide bonds. The highest BCUT2D eigenvalue weighted by Crippen LogP contribution is 2.03. The molecule has 25 heavy (non-hydrogen) atoms. The molecule has 0 radical (unpaired) electrons. The molecule has 1 aromatic rings. The zero-order chi connectivity index (χ0) is 18.7. The van der Waals surface area contributed by atoms with Gasteiger partial charge in [-0.15, -0.1) is 0 Å². The molecule has 0 heterocycles. The van der Waals surface area contributed by atoms with Gasteiger partial charge in [-0.25, -0.2) is 4.79 Å². The minimum atomic E-state index is -1.14. The Labute approximate surface area is 147 Å². The van der Waals surface area contributed by atoms with Gasteiger partial charge in [0.25, 0.3) is 0 Å². The van der Waals surface area contributed by atoms with Crippen LogP contribution < -0.4 is 22.1 Å². The zero-order valence-corrected chi connectivity index (χ0v) is 14.1. The molecular weight excluding hydrogens is 324 g/mol. The third-order valence-electron chi connectivity index (χ3n) is 3.65. The molecule has 0 spiro atoms. The Morgan fingerprint density at radius 3 is 2.40 bits per heavy atom. The number of hydrogen-bond acceptors (Lipinski definition) is 5. The van der Waals surface area contributed by atoms with Crippen LogP contribution in [0.3, 0.4) is 0 Å². The van der Waals surface area contributed by atoms with E-state index in [0.29, 0.717) is 13.0 Å². The van der Waals surface area contributed by atoms with Crippen LogP contribution in [0.4, 0.5) is 0 Å². The fraction of sp³-hybridized carbons (Fsp3) is 0.471. The van der Waals surface area contributed by atoms with Crippen molar-refractivity contribution in [1.82, 2.24) is 10.6 Å². The van der Waals surface area contributed by atoms with Crippen molar-refractivity contribution in [3.63, 3.8) is 0 Å². The average molecular weight is 350 g/mol. The summed E-state index contributed by atoms with van der Waals surface area (Å²) < 4.78 is 0. The first-order chi connectivity index (χ1) is 11.9. The van der Waals surface area contributed by atoms with E-state index < -0.39 is 29.9 Å². The van der Waals surface area contributed by atoms with Gasteiger partial charge in [0.15, 0.2) is 0 Å². The molecule has 0 aromatic heterocycles. The van der Waals surface area contributed by atoms with Crippen LogP contribution in [0.15, 0.2) is 30.3 Å². The Morgan fingerprint density at radius 2 is 1.80 bits per heavy atom. The fourth-order valence-electron chi connectivity index (χ4n) is 2.23. The Bertz CT molecular complexity index is 565. The lowest BCUT2D eigenvalue weighted by molar-refractivity contribution is -0.141. The minimum Gasteiger partial charge on any atom is -0.480 e. The molecule has 7 N–H and O–H groups in total. The number of carboxylic acid groups (broad SMARTS) is 1. The van der Waals surface area contributed by atoms with Crippen molar-refractivity contribution in [3.05, 3.63) is 35.9 Å². The summed E-state index contributed by atoms with van der Waals surface area (Å²) in [6, 6.07) is 7.20. The van der Waals surface area contributed by atoms with E-state index in [4.69, 9.17) is 11.5 Å². The van der Waals surface area contributed by atoms with Crippen LogP contribution in [0.5, 0.6) is 0 Å². The Balaban J connectivity index is 2.42. The van der Waals surface area contributed by atoms with Crippen molar-refractivity contribution in [2.24, 2.45) is 11.5 Å². The van der Waals surface area contributed by atoms with Gasteiger partial charge >= 0.3 is 5.97 Å². The number of nitrogens with two attached hydrogens (primary N) is 2. The highest BCUT2D eigenvalue weighted by molar-refractivity contribution is 5.89. The molecule has 8 nitrogen and oxygen atoms in total. The van der Waals surface area contributed by atoms with Crippen LogP contribution in [0, 0.1) is 0 Å². The number of carboxylic acids is 1. The van der Waals surface area contributed by atoms with Crippen LogP contribution in [-0.2, 0) is 20.8 Å². The molecule has 0 saturated carbocycles. The van der Waals surface area contributed by atoms with Crippen molar-refractivity contribution in [3.8, 4) is 0 Å². The van der Waals surface area contributed by atoms with Crippen molar-refractivity contribution in [2.75, 3.05) is 13.1 Å². The van der Waals surface area contributed by atoms with Gasteiger partial charge in [0.2, 0.25) is 11.8 Å². The summed E-state index contributed by atoms with van der Waals surface area (Å²) in [6.07, 6.45) is 2.15. The zero-order valence-electron chi connectivity index (χ0n) is 14.1. The predicted molar refractivity (Wildman–Crippen MR) is 93.6 cm³/mol. The van der Waals surface area contributed by atoms with E-state index in [1.807, 2.05) is 6.07 Å². The van der Waals surface area contributed by atoms with E-state index in [9.17, 15) is 19.5 Å². The molecule has 2 unspecified atom stereocenters. The number of rotatable bonds is 11. The summed E-state index contributed by atoms with van der Waals surface area (Å²) in [5, 5.41) is 14.1. The molecular formula is C17H26N4O4. The van der Waals surface area contributed by atoms with E-state index in [1.165, 1.54) is 0 Å². The minimum absolute atomic E-state index is 0.161. The number of hydrogen-bond donors (Lipinski definition) is 5. The van der Waals surface area contributed by atoms with Crippen LogP contribution >= 0.6 is 0 Å². The Kier molecular flexibility index (Phi) is 9.20. The average Bonchev–Trinajstić information content (AvgIpc) is 2.60. The maximum absolute atomic E-state index is 11.9. The maximum atomic E-state index is 11.9. The second kappa shape index (κ2) is 11.2. The maximum Gasteiger partial charge on any atom is 0.326 e. The van der Waals surface area contributed by atoms with Crippen molar-refractivity contribution < 1.29 is 19.5 Å². The highest BCUT2D eigenvalue weighted by Gasteiger charge is 2.21. The molecule has 0 bridgehead atoms. The number of unbranched alkanes of at least 4 members (excludes halogenated alkanes) is 1. The van der Waals surface area contributed by atoms with Crippen LogP contribution in [0.1, 0.15) is 24.8 Å². The summed E-state index contributed by atoms with van der Waals surface area (Å²) in [5.74, 6) is -2.16. The van der Waals surface area contributed by atoms with Crippen LogP contribution in [0.2, 0.25) is 0 Å². The second-order valence-corrected chi connectivity index (χ2v) is 5.76. The molecule has 0 aliphatic heterocycles. The highest BCUT2D eigenvalue weighted by atomic mass is 16.4. The van der Waals surface area contributed by atoms with E-state index >= 15 is 0 Å². The standard InChI is InChI=1S/C17H26N4O4/c18-9-5-4-8-13(19)16(23)20-11-15(22)21-14(17(24)25)10-12-6-2-1-3-7-12/h1-3,6-7,13-14H,4-5,8-11,18-19H2,(H,20,23)(H,21,22)(H,24,25). The molecule has 2 atom stereocenters. The first-order valence-corrected chi connectivity index (χ1v) is 8.23. The third-order valence-corrected chi connectivity index (χ3v) is 3.65. The monoisotopic (exact) mass is 350 g/mol. The number of benzene rings is 1. The summed E-state index contributed by atoms with van der Waals surface area (Å²) in [4.78, 5) is 35.0. The predicted octanol–water partition coefficient (Wildman–Crippen LogP) is -0.629. The molecule has 0 fully saturated rings. The second-order valence-electron chi connectivity index (χ2n) is 5.76. The van der Waals surface area contributed by atoms with Gasteiger partial charge in [-0.2, -0.15) is 0 Å². The summed E-state index contributed by atoms with van der Waals surface area (Å²) in [7, 11) is 0. The number of nitrogens with one attached hydrogen (secondary N) is 2. The smallest absolute Gasteiger partial charge is 0.326 e. The quantitative estimate of drug-likeness (QED) is 0.336.